The minimum Gasteiger partial charge on any atom is -0.496 e. The van der Waals surface area contributed by atoms with Crippen LogP contribution in [0.25, 0.3) is 21.9 Å². The number of aliphatic hydroxyl groups excluding tert-OH is 1. The van der Waals surface area contributed by atoms with Crippen LogP contribution in [0.4, 0.5) is 0 Å². The van der Waals surface area contributed by atoms with Gasteiger partial charge in [0.05, 0.1) is 50.7 Å². The summed E-state index contributed by atoms with van der Waals surface area (Å²) in [6.45, 7) is -0.0679. The number of methoxy groups -OCH3 is 3. The number of para-hydroxylation sites is 4. The van der Waals surface area contributed by atoms with Crippen LogP contribution in [0, 0.1) is 35.0 Å². The molecule has 3 unspecified atom stereocenters. The van der Waals surface area contributed by atoms with Crippen LogP contribution in [0.15, 0.2) is 182 Å². The molecular weight excluding hydrogens is 963 g/mol. The van der Waals surface area contributed by atoms with Gasteiger partial charge in [-0.15, -0.1) is 0 Å². The van der Waals surface area contributed by atoms with Crippen LogP contribution in [0.3, 0.4) is 0 Å². The fourth-order valence-electron chi connectivity index (χ4n) is 11.6. The minimum atomic E-state index is -1.89. The van der Waals surface area contributed by atoms with E-state index in [1.807, 2.05) is 42.5 Å². The van der Waals surface area contributed by atoms with Gasteiger partial charge in [0.2, 0.25) is 0 Å². The number of hydrogen-bond donors (Lipinski definition) is 3. The fourth-order valence-corrected chi connectivity index (χ4v) is 11.6. The van der Waals surface area contributed by atoms with Gasteiger partial charge in [-0.2, -0.15) is 5.26 Å². The van der Waals surface area contributed by atoms with Gasteiger partial charge in [-0.05, 0) is 93.4 Å². The van der Waals surface area contributed by atoms with E-state index in [1.165, 1.54) is 21.3 Å². The van der Waals surface area contributed by atoms with E-state index in [0.717, 1.165) is 16.3 Å². The lowest BCUT2D eigenvalue weighted by Crippen LogP contribution is -2.53. The number of carboxylic acids is 1. The Balaban J connectivity index is 0.996. The van der Waals surface area contributed by atoms with Gasteiger partial charge in [-0.1, -0.05) is 127 Å². The summed E-state index contributed by atoms with van der Waals surface area (Å²) in [5, 5.41) is 44.6. The van der Waals surface area contributed by atoms with Crippen molar-refractivity contribution in [3.63, 3.8) is 0 Å². The number of nitrogens with zero attached hydrogens (tertiary/aromatic N) is 1. The molecule has 13 nitrogen and oxygen atoms in total. The number of aliphatic carboxylic acids is 1. The van der Waals surface area contributed by atoms with Crippen molar-refractivity contribution in [2.45, 2.75) is 36.6 Å². The van der Waals surface area contributed by atoms with Crippen LogP contribution in [0.5, 0.6) is 34.5 Å². The first-order chi connectivity index (χ1) is 37.0. The number of fused-ring (bicyclic) bond motifs is 1. The molecule has 0 radical (unpaired) electrons. The van der Waals surface area contributed by atoms with E-state index in [1.54, 1.807) is 140 Å². The first kappa shape index (κ1) is 50.6. The number of nitriles is 1. The Kier molecular flexibility index (Phi) is 14.5. The van der Waals surface area contributed by atoms with Gasteiger partial charge in [0, 0.05) is 40.5 Å². The number of carbonyl (C=O) groups is 3. The van der Waals surface area contributed by atoms with Gasteiger partial charge in [-0.3, -0.25) is 14.4 Å². The zero-order chi connectivity index (χ0) is 53.0. The summed E-state index contributed by atoms with van der Waals surface area (Å²) in [5.74, 6) is -7.59. The molecule has 8 aromatic carbocycles. The number of rotatable bonds is 17. The molecule has 2 saturated carbocycles. The van der Waals surface area contributed by atoms with Crippen LogP contribution < -0.4 is 28.4 Å². The first-order valence-electron chi connectivity index (χ1n) is 24.8. The van der Waals surface area contributed by atoms with E-state index in [2.05, 4.69) is 6.07 Å². The lowest BCUT2D eigenvalue weighted by atomic mass is 9.52. The Hall–Kier alpha value is -8.96. The smallest absolute Gasteiger partial charge is 0.315 e. The van der Waals surface area contributed by atoms with Crippen LogP contribution in [-0.2, 0) is 21.0 Å². The normalized spacial score (nSPS) is 20.5. The molecule has 0 spiro atoms. The van der Waals surface area contributed by atoms with E-state index < -0.39 is 71.5 Å². The van der Waals surface area contributed by atoms with E-state index >= 15 is 0 Å². The maximum Gasteiger partial charge on any atom is 0.315 e. The molecule has 8 aromatic rings. The van der Waals surface area contributed by atoms with Crippen molar-refractivity contribution in [2.24, 2.45) is 23.7 Å². The number of aliphatic hydroxyl groups is 2. The maximum atomic E-state index is 15.0. The standard InChI is InChI=1S/C63H53NO12/c1-71-46-22-10-7-19-42(46)52-56(60(65)66)54(58(52)62(69)75-50-25-13-6-18-41(50)39-30-27-36(34-64)28-31-39)44-21-9-12-24-49(44)74-35-37-29-32-48(73-3)45(33-37)55-57(61(67)68)53(43-20-8-11-23-47(43)72-2)59(55)63(70)76-51-26-14-16-38-15-4-5-17-40(38)51/h4-33,52-60,65-66H,35H2,1-3H3,(H,67,68)/t52-,53+,54-,55?,56-,57?,58+,59?/m1/s1. The second-order valence-electron chi connectivity index (χ2n) is 18.9. The molecule has 3 N–H and O–H groups in total. The second kappa shape index (κ2) is 21.9. The van der Waals surface area contributed by atoms with Crippen molar-refractivity contribution in [3.8, 4) is 51.7 Å². The predicted octanol–water partition coefficient (Wildman–Crippen LogP) is 10.8. The summed E-state index contributed by atoms with van der Waals surface area (Å²) in [6.07, 6.45) is -1.89. The van der Waals surface area contributed by atoms with Crippen LogP contribution in [0.1, 0.15) is 57.1 Å². The second-order valence-corrected chi connectivity index (χ2v) is 18.9. The summed E-state index contributed by atoms with van der Waals surface area (Å²) >= 11 is 0. The van der Waals surface area contributed by atoms with E-state index in [4.69, 9.17) is 28.4 Å². The molecule has 2 aliphatic rings. The van der Waals surface area contributed by atoms with Gasteiger partial charge >= 0.3 is 17.9 Å². The molecular formula is C63H53NO12. The van der Waals surface area contributed by atoms with E-state index in [0.29, 0.717) is 67.7 Å². The monoisotopic (exact) mass is 1020 g/mol. The number of carboxylic acid groups (broad SMARTS) is 1. The van der Waals surface area contributed by atoms with Crippen molar-refractivity contribution < 1.29 is 58.1 Å². The topological polar surface area (TPSA) is 191 Å². The molecule has 0 saturated heterocycles. The minimum absolute atomic E-state index is 0.0679. The van der Waals surface area contributed by atoms with Crippen LogP contribution >= 0.6 is 0 Å². The Labute approximate surface area is 439 Å². The molecule has 10 rings (SSSR count). The highest BCUT2D eigenvalue weighted by atomic mass is 16.5. The molecule has 0 aromatic heterocycles. The lowest BCUT2D eigenvalue weighted by Gasteiger charge is -2.52. The summed E-state index contributed by atoms with van der Waals surface area (Å²) in [6, 6.07) is 55.7. The number of ether oxygens (including phenoxy) is 6. The molecule has 0 heterocycles. The highest BCUT2D eigenvalue weighted by molar-refractivity contribution is 5.92. The third-order valence-electron chi connectivity index (χ3n) is 15.0. The Morgan fingerprint density at radius 3 is 1.62 bits per heavy atom. The Morgan fingerprint density at radius 2 is 1.00 bits per heavy atom. The summed E-state index contributed by atoms with van der Waals surface area (Å²) in [5.41, 5.74) is 4.54. The molecule has 0 bridgehead atoms. The van der Waals surface area contributed by atoms with Crippen LogP contribution in [0.2, 0.25) is 0 Å². The van der Waals surface area contributed by atoms with Crippen molar-refractivity contribution in [2.75, 3.05) is 21.3 Å². The SMILES string of the molecule is COc1ccc(COc2ccccc2[C@H]2[C@@H](C(=O)Oc3ccccc3-c3ccc(C#N)cc3)[C@H](c3ccccc3OC)[C@H]2C(O)O)cc1C1C(C(=O)O)[C@H](c2ccccc2OC)C1C(=O)Oc1cccc2ccccc12. The third kappa shape index (κ3) is 9.45. The quantitative estimate of drug-likeness (QED) is 0.0444. The maximum absolute atomic E-state index is 15.0. The zero-order valence-corrected chi connectivity index (χ0v) is 41.7. The Morgan fingerprint density at radius 1 is 0.513 bits per heavy atom. The average molecular weight is 1020 g/mol. The highest BCUT2D eigenvalue weighted by Gasteiger charge is 2.61. The molecule has 2 fully saturated rings. The summed E-state index contributed by atoms with van der Waals surface area (Å²) in [7, 11) is 4.50. The number of benzene rings is 8. The predicted molar refractivity (Wildman–Crippen MR) is 282 cm³/mol. The van der Waals surface area contributed by atoms with Gasteiger partial charge < -0.3 is 43.7 Å². The van der Waals surface area contributed by atoms with E-state index in [-0.39, 0.29) is 12.4 Å². The van der Waals surface area contributed by atoms with Crippen molar-refractivity contribution in [1.82, 2.24) is 0 Å². The van der Waals surface area contributed by atoms with Crippen molar-refractivity contribution >= 4 is 28.7 Å². The number of hydrogen-bond acceptors (Lipinski definition) is 12. The molecule has 13 heteroatoms. The van der Waals surface area contributed by atoms with Crippen LogP contribution in [-0.4, -0.2) is 60.8 Å². The molecule has 8 atom stereocenters. The highest BCUT2D eigenvalue weighted by Crippen LogP contribution is 2.63. The first-order valence-corrected chi connectivity index (χ1v) is 24.8. The number of esters is 2. The largest absolute Gasteiger partial charge is 0.496 e. The zero-order valence-electron chi connectivity index (χ0n) is 41.7. The van der Waals surface area contributed by atoms with Gasteiger partial charge in [0.25, 0.3) is 0 Å². The van der Waals surface area contributed by atoms with Crippen molar-refractivity contribution in [3.05, 3.63) is 215 Å². The van der Waals surface area contributed by atoms with Crippen molar-refractivity contribution in [1.29, 1.82) is 5.26 Å². The molecule has 0 aliphatic heterocycles. The molecule has 0 amide bonds. The molecule has 2 aliphatic carbocycles. The number of carbonyl (C=O) groups excluding carboxylic acids is 2. The fraction of sp³-hybridized carbons (Fsp3) is 0.206. The average Bonchev–Trinajstić information content (AvgIpc) is 3.53. The molecule has 76 heavy (non-hydrogen) atoms. The molecule has 382 valence electrons. The van der Waals surface area contributed by atoms with Gasteiger partial charge in [0.1, 0.15) is 41.1 Å². The lowest BCUT2D eigenvalue weighted by molar-refractivity contribution is -0.169. The van der Waals surface area contributed by atoms with E-state index in [9.17, 15) is 35.0 Å². The third-order valence-corrected chi connectivity index (χ3v) is 15.0. The Bertz CT molecular complexity index is 3490. The summed E-state index contributed by atoms with van der Waals surface area (Å²) < 4.78 is 36.6. The van der Waals surface area contributed by atoms with Gasteiger partial charge in [0.15, 0.2) is 6.29 Å². The summed E-state index contributed by atoms with van der Waals surface area (Å²) in [4.78, 5) is 43.3. The van der Waals surface area contributed by atoms with Gasteiger partial charge in [-0.25, -0.2) is 0 Å².